The minimum Gasteiger partial charge on any atom is -0.321 e. The van der Waals surface area contributed by atoms with Gasteiger partial charge in [0.25, 0.3) is 5.91 Å². The van der Waals surface area contributed by atoms with Crippen molar-refractivity contribution >= 4 is 23.2 Å². The van der Waals surface area contributed by atoms with Crippen LogP contribution in [0.1, 0.15) is 49.3 Å². The van der Waals surface area contributed by atoms with E-state index in [1.807, 2.05) is 6.92 Å². The van der Waals surface area contributed by atoms with Crippen molar-refractivity contribution in [3.63, 3.8) is 0 Å². The van der Waals surface area contributed by atoms with Crippen LogP contribution < -0.4 is 5.32 Å². The predicted molar refractivity (Wildman–Crippen MR) is 95.6 cm³/mol. The van der Waals surface area contributed by atoms with Crippen molar-refractivity contribution < 1.29 is 14.4 Å². The van der Waals surface area contributed by atoms with Crippen molar-refractivity contribution in [1.29, 1.82) is 0 Å². The number of anilines is 1. The van der Waals surface area contributed by atoms with Gasteiger partial charge in [0.05, 0.1) is 0 Å². The second-order valence-corrected chi connectivity index (χ2v) is 5.97. The highest BCUT2D eigenvalue weighted by Crippen LogP contribution is 2.29. The molecule has 2 aromatic carbocycles. The van der Waals surface area contributed by atoms with Crippen molar-refractivity contribution in [2.45, 2.75) is 13.5 Å². The Balaban J connectivity index is 1.66. The average molecular weight is 345 g/mol. The van der Waals surface area contributed by atoms with Crippen LogP contribution in [0.15, 0.2) is 54.7 Å². The summed E-state index contributed by atoms with van der Waals surface area (Å²) >= 11 is 0. The Bertz CT molecular complexity index is 1070. The van der Waals surface area contributed by atoms with Crippen molar-refractivity contribution in [3.05, 3.63) is 82.7 Å². The van der Waals surface area contributed by atoms with E-state index in [-0.39, 0.29) is 23.2 Å². The number of benzene rings is 2. The van der Waals surface area contributed by atoms with E-state index in [0.717, 1.165) is 0 Å². The molecule has 6 heteroatoms. The van der Waals surface area contributed by atoms with E-state index in [4.69, 9.17) is 0 Å². The quantitative estimate of drug-likeness (QED) is 0.619. The Kier molecular flexibility index (Phi) is 3.73. The molecule has 3 aromatic rings. The lowest BCUT2D eigenvalue weighted by Gasteiger charge is -2.18. The Morgan fingerprint density at radius 3 is 2.27 bits per heavy atom. The maximum atomic E-state index is 12.7. The van der Waals surface area contributed by atoms with Gasteiger partial charge in [-0.15, -0.1) is 0 Å². The van der Waals surface area contributed by atoms with Gasteiger partial charge in [0.15, 0.2) is 17.3 Å². The van der Waals surface area contributed by atoms with Gasteiger partial charge in [-0.1, -0.05) is 24.3 Å². The van der Waals surface area contributed by atoms with Crippen LogP contribution in [0.3, 0.4) is 0 Å². The molecule has 0 atom stereocenters. The summed E-state index contributed by atoms with van der Waals surface area (Å²) in [6.07, 6.45) is 1.72. The monoisotopic (exact) mass is 345 g/mol. The number of hydrogen-bond acceptors (Lipinski definition) is 4. The van der Waals surface area contributed by atoms with Crippen LogP contribution in [0, 0.1) is 0 Å². The molecular weight excluding hydrogens is 330 g/mol. The molecule has 0 unspecified atom stereocenters. The standard InChI is InChI=1S/C20H15N3O3/c1-2-23-10-9-17(22-23)20(26)21-12-7-8-15-16(11-12)19(25)14-6-4-3-5-13(14)18(15)24/h3-11H,2H2,1H3,(H,21,26). The first-order valence-electron chi connectivity index (χ1n) is 8.25. The van der Waals surface area contributed by atoms with Crippen molar-refractivity contribution in [2.24, 2.45) is 0 Å². The molecule has 0 radical (unpaired) electrons. The van der Waals surface area contributed by atoms with Crippen LogP contribution in [0.5, 0.6) is 0 Å². The Labute approximate surface area is 149 Å². The van der Waals surface area contributed by atoms with Gasteiger partial charge in [0, 0.05) is 40.7 Å². The lowest BCUT2D eigenvalue weighted by molar-refractivity contribution is 0.0979. The number of fused-ring (bicyclic) bond motifs is 2. The van der Waals surface area contributed by atoms with E-state index < -0.39 is 0 Å². The number of aromatic nitrogens is 2. The van der Waals surface area contributed by atoms with Crippen molar-refractivity contribution in [1.82, 2.24) is 9.78 Å². The maximum Gasteiger partial charge on any atom is 0.276 e. The zero-order valence-electron chi connectivity index (χ0n) is 14.0. The molecule has 1 aromatic heterocycles. The predicted octanol–water partition coefficient (Wildman–Crippen LogP) is 2.93. The number of carbonyl (C=O) groups excluding carboxylic acids is 3. The molecule has 1 N–H and O–H groups in total. The van der Waals surface area contributed by atoms with E-state index in [9.17, 15) is 14.4 Å². The van der Waals surface area contributed by atoms with Crippen molar-refractivity contribution in [3.8, 4) is 0 Å². The molecule has 0 aliphatic heterocycles. The fourth-order valence-corrected chi connectivity index (χ4v) is 3.03. The number of amides is 1. The van der Waals surface area contributed by atoms with E-state index >= 15 is 0 Å². The van der Waals surface area contributed by atoms with E-state index in [1.54, 1.807) is 59.4 Å². The second kappa shape index (κ2) is 6.07. The number of nitrogens with zero attached hydrogens (tertiary/aromatic N) is 2. The molecule has 6 nitrogen and oxygen atoms in total. The Hall–Kier alpha value is -3.54. The smallest absolute Gasteiger partial charge is 0.276 e. The molecular formula is C20H15N3O3. The summed E-state index contributed by atoms with van der Waals surface area (Å²) in [4.78, 5) is 37.6. The minimum atomic E-state index is -0.368. The number of aryl methyl sites for hydroxylation is 1. The van der Waals surface area contributed by atoms with Gasteiger partial charge in [-0.25, -0.2) is 0 Å². The lowest BCUT2D eigenvalue weighted by Crippen LogP contribution is -2.21. The molecule has 128 valence electrons. The fraction of sp³-hybridized carbons (Fsp3) is 0.100. The van der Waals surface area contributed by atoms with Gasteiger partial charge in [-0.3, -0.25) is 19.1 Å². The van der Waals surface area contributed by atoms with E-state index in [2.05, 4.69) is 10.4 Å². The summed E-state index contributed by atoms with van der Waals surface area (Å²) < 4.78 is 1.65. The van der Waals surface area contributed by atoms with Crippen molar-refractivity contribution in [2.75, 3.05) is 5.32 Å². The van der Waals surface area contributed by atoms with E-state index in [1.165, 1.54) is 0 Å². The highest BCUT2D eigenvalue weighted by atomic mass is 16.2. The second-order valence-electron chi connectivity index (χ2n) is 5.97. The van der Waals surface area contributed by atoms with Gasteiger partial charge in [-0.05, 0) is 31.2 Å². The topological polar surface area (TPSA) is 81.1 Å². The third-order valence-corrected chi connectivity index (χ3v) is 4.38. The maximum absolute atomic E-state index is 12.7. The number of ketones is 2. The highest BCUT2D eigenvalue weighted by Gasteiger charge is 2.29. The summed E-state index contributed by atoms with van der Waals surface area (Å²) in [5.74, 6) is -0.775. The summed E-state index contributed by atoms with van der Waals surface area (Å²) in [5.41, 5.74) is 2.17. The molecule has 0 saturated heterocycles. The molecule has 1 aliphatic carbocycles. The fourth-order valence-electron chi connectivity index (χ4n) is 3.03. The molecule has 4 rings (SSSR count). The number of rotatable bonds is 3. The molecule has 0 fully saturated rings. The molecule has 0 saturated carbocycles. The average Bonchev–Trinajstić information content (AvgIpc) is 3.15. The largest absolute Gasteiger partial charge is 0.321 e. The van der Waals surface area contributed by atoms with Crippen LogP contribution >= 0.6 is 0 Å². The molecule has 1 amide bonds. The number of carbonyl (C=O) groups is 3. The zero-order valence-corrected chi connectivity index (χ0v) is 14.0. The van der Waals surface area contributed by atoms with Gasteiger partial charge >= 0.3 is 0 Å². The van der Waals surface area contributed by atoms with E-state index in [0.29, 0.717) is 34.5 Å². The lowest BCUT2D eigenvalue weighted by atomic mass is 9.84. The van der Waals surface area contributed by atoms with Crippen LogP contribution in [-0.4, -0.2) is 27.3 Å². The summed E-state index contributed by atoms with van der Waals surface area (Å²) in [6.45, 7) is 2.60. The first-order valence-corrected chi connectivity index (χ1v) is 8.25. The van der Waals surface area contributed by atoms with Crippen LogP contribution in [0.2, 0.25) is 0 Å². The SMILES string of the molecule is CCn1ccc(C(=O)Nc2ccc3c(c2)C(=O)c2ccccc2C3=O)n1. The van der Waals surface area contributed by atoms with Gasteiger partial charge < -0.3 is 5.32 Å². The Morgan fingerprint density at radius 2 is 1.62 bits per heavy atom. The zero-order chi connectivity index (χ0) is 18.3. The Morgan fingerprint density at radius 1 is 0.962 bits per heavy atom. The molecule has 0 bridgehead atoms. The minimum absolute atomic E-state index is 0.185. The van der Waals surface area contributed by atoms with Crippen LogP contribution in [-0.2, 0) is 6.54 Å². The highest BCUT2D eigenvalue weighted by molar-refractivity contribution is 6.28. The van der Waals surface area contributed by atoms with Crippen LogP contribution in [0.25, 0.3) is 0 Å². The third-order valence-electron chi connectivity index (χ3n) is 4.38. The third kappa shape index (κ3) is 2.52. The number of hydrogen-bond donors (Lipinski definition) is 1. The first kappa shape index (κ1) is 16.0. The van der Waals surface area contributed by atoms with Gasteiger partial charge in [0.1, 0.15) is 0 Å². The molecule has 1 aliphatic rings. The summed E-state index contributed by atoms with van der Waals surface area (Å²) in [6, 6.07) is 13.1. The normalized spacial score (nSPS) is 12.5. The van der Waals surface area contributed by atoms with Gasteiger partial charge in [-0.2, -0.15) is 5.10 Å². The van der Waals surface area contributed by atoms with Gasteiger partial charge in [0.2, 0.25) is 0 Å². The molecule has 1 heterocycles. The van der Waals surface area contributed by atoms with Crippen LogP contribution in [0.4, 0.5) is 5.69 Å². The first-order chi connectivity index (χ1) is 12.6. The number of nitrogens with one attached hydrogen (secondary N) is 1. The molecule has 0 spiro atoms. The summed E-state index contributed by atoms with van der Waals surface area (Å²) in [5, 5.41) is 6.88. The summed E-state index contributed by atoms with van der Waals surface area (Å²) in [7, 11) is 0. The molecule has 26 heavy (non-hydrogen) atoms.